The second-order valence-corrected chi connectivity index (χ2v) is 7.30. The van der Waals surface area contributed by atoms with E-state index in [4.69, 9.17) is 0 Å². The van der Waals surface area contributed by atoms with Gasteiger partial charge in [-0.3, -0.25) is 4.79 Å². The van der Waals surface area contributed by atoms with Crippen molar-refractivity contribution >= 4 is 17.7 Å². The summed E-state index contributed by atoms with van der Waals surface area (Å²) in [5.41, 5.74) is 0.736. The molecule has 1 amide bonds. The Balaban J connectivity index is 1.64. The number of carbonyl (C=O) groups excluding carboxylic acids is 1. The largest absolute Gasteiger partial charge is 0.508 e. The Morgan fingerprint density at radius 1 is 1.29 bits per heavy atom. The summed E-state index contributed by atoms with van der Waals surface area (Å²) in [5, 5.41) is 24.4. The summed E-state index contributed by atoms with van der Waals surface area (Å²) in [4.78, 5) is 12.4. The highest BCUT2D eigenvalue weighted by Gasteiger charge is 2.22. The van der Waals surface area contributed by atoms with Crippen LogP contribution in [0.15, 0.2) is 29.4 Å². The van der Waals surface area contributed by atoms with Gasteiger partial charge in [0.1, 0.15) is 5.75 Å². The lowest BCUT2D eigenvalue weighted by molar-refractivity contribution is -0.121. The van der Waals surface area contributed by atoms with Crippen LogP contribution in [0.5, 0.6) is 5.75 Å². The van der Waals surface area contributed by atoms with Crippen molar-refractivity contribution < 1.29 is 9.90 Å². The fraction of sp³-hybridized carbons (Fsp3) is 0.500. The van der Waals surface area contributed by atoms with Gasteiger partial charge in [-0.15, -0.1) is 5.10 Å². The van der Waals surface area contributed by atoms with E-state index in [1.165, 1.54) is 31.0 Å². The highest BCUT2D eigenvalue weighted by molar-refractivity contribution is 8.00. The van der Waals surface area contributed by atoms with Crippen LogP contribution >= 0.6 is 11.8 Å². The van der Waals surface area contributed by atoms with Gasteiger partial charge < -0.3 is 10.4 Å². The summed E-state index contributed by atoms with van der Waals surface area (Å²) in [6.45, 7) is 1.86. The van der Waals surface area contributed by atoms with Crippen LogP contribution in [0, 0.1) is 0 Å². The molecule has 1 heterocycles. The number of carbonyl (C=O) groups is 1. The van der Waals surface area contributed by atoms with Gasteiger partial charge >= 0.3 is 0 Å². The second-order valence-electron chi connectivity index (χ2n) is 5.99. The number of aromatic hydroxyl groups is 1. The third kappa shape index (κ3) is 4.05. The number of amides is 1. The van der Waals surface area contributed by atoms with Crippen molar-refractivity contribution in [2.75, 3.05) is 0 Å². The fourth-order valence-electron chi connectivity index (χ4n) is 2.79. The maximum absolute atomic E-state index is 12.4. The maximum Gasteiger partial charge on any atom is 0.233 e. The van der Waals surface area contributed by atoms with E-state index in [0.717, 1.165) is 18.5 Å². The summed E-state index contributed by atoms with van der Waals surface area (Å²) < 4.78 is 1.56. The molecule has 1 aliphatic carbocycles. The van der Waals surface area contributed by atoms with Crippen LogP contribution in [-0.4, -0.2) is 42.5 Å². The van der Waals surface area contributed by atoms with Crippen LogP contribution < -0.4 is 5.32 Å². The van der Waals surface area contributed by atoms with E-state index in [0.29, 0.717) is 11.2 Å². The molecule has 1 unspecified atom stereocenters. The number of nitrogens with one attached hydrogen (secondary N) is 1. The van der Waals surface area contributed by atoms with Crippen LogP contribution in [0.25, 0.3) is 5.69 Å². The molecule has 0 bridgehead atoms. The van der Waals surface area contributed by atoms with E-state index in [1.807, 2.05) is 6.92 Å². The first-order chi connectivity index (χ1) is 11.6. The first-order valence-electron chi connectivity index (χ1n) is 8.18. The average Bonchev–Trinajstić information content (AvgIpc) is 3.04. The zero-order valence-electron chi connectivity index (χ0n) is 13.6. The van der Waals surface area contributed by atoms with Gasteiger partial charge in [0.2, 0.25) is 11.1 Å². The van der Waals surface area contributed by atoms with Gasteiger partial charge in [-0.1, -0.05) is 31.0 Å². The molecule has 3 rings (SSSR count). The number of nitrogens with zero attached hydrogens (tertiary/aromatic N) is 4. The first kappa shape index (κ1) is 16.8. The standard InChI is InChI=1S/C16H21N5O2S/c1-11(15(23)17-12-5-3-2-4-6-12)24-16-18-19-20-21(16)13-7-9-14(22)10-8-13/h7-12,22H,2-6H2,1H3,(H,17,23). The van der Waals surface area contributed by atoms with E-state index in [1.54, 1.807) is 28.9 Å². The van der Waals surface area contributed by atoms with Crippen LogP contribution in [0.4, 0.5) is 0 Å². The van der Waals surface area contributed by atoms with Crippen molar-refractivity contribution in [3.8, 4) is 11.4 Å². The number of hydrogen-bond donors (Lipinski definition) is 2. The monoisotopic (exact) mass is 347 g/mol. The number of phenolic OH excluding ortho intramolecular Hbond substituents is 1. The van der Waals surface area contributed by atoms with E-state index in [-0.39, 0.29) is 16.9 Å². The van der Waals surface area contributed by atoms with Crippen molar-refractivity contribution in [3.05, 3.63) is 24.3 Å². The average molecular weight is 347 g/mol. The highest BCUT2D eigenvalue weighted by Crippen LogP contribution is 2.24. The zero-order chi connectivity index (χ0) is 16.9. The molecule has 1 fully saturated rings. The number of benzene rings is 1. The molecule has 0 spiro atoms. The Labute approximate surface area is 144 Å². The molecule has 1 aliphatic rings. The normalized spacial score (nSPS) is 16.7. The molecule has 8 heteroatoms. The third-order valence-electron chi connectivity index (χ3n) is 4.14. The van der Waals surface area contributed by atoms with Gasteiger partial charge in [-0.25, -0.2) is 0 Å². The van der Waals surface area contributed by atoms with E-state index in [9.17, 15) is 9.90 Å². The Kier molecular flexibility index (Phi) is 5.34. The van der Waals surface area contributed by atoms with Crippen molar-refractivity contribution in [3.63, 3.8) is 0 Å². The zero-order valence-corrected chi connectivity index (χ0v) is 14.4. The lowest BCUT2D eigenvalue weighted by Gasteiger charge is -2.24. The van der Waals surface area contributed by atoms with Crippen LogP contribution in [0.1, 0.15) is 39.0 Å². The minimum atomic E-state index is -0.284. The van der Waals surface area contributed by atoms with Gasteiger partial charge in [-0.2, -0.15) is 4.68 Å². The predicted molar refractivity (Wildman–Crippen MR) is 91.2 cm³/mol. The number of thioether (sulfide) groups is 1. The molecule has 1 aromatic carbocycles. The minimum absolute atomic E-state index is 0.0205. The molecule has 24 heavy (non-hydrogen) atoms. The van der Waals surface area contributed by atoms with Gasteiger partial charge in [-0.05, 0) is 54.5 Å². The predicted octanol–water partition coefficient (Wildman–Crippen LogP) is 2.30. The number of rotatable bonds is 5. The lowest BCUT2D eigenvalue weighted by Crippen LogP contribution is -2.40. The molecular weight excluding hydrogens is 326 g/mol. The molecule has 1 saturated carbocycles. The topological polar surface area (TPSA) is 92.9 Å². The molecule has 0 saturated heterocycles. The summed E-state index contributed by atoms with van der Waals surface area (Å²) >= 11 is 1.32. The number of tetrazole rings is 1. The van der Waals surface area contributed by atoms with Gasteiger partial charge in [0, 0.05) is 6.04 Å². The van der Waals surface area contributed by atoms with Crippen molar-refractivity contribution in [2.24, 2.45) is 0 Å². The van der Waals surface area contributed by atoms with E-state index >= 15 is 0 Å². The number of phenols is 1. The smallest absolute Gasteiger partial charge is 0.233 e. The van der Waals surface area contributed by atoms with Crippen LogP contribution in [0.2, 0.25) is 0 Å². The first-order valence-corrected chi connectivity index (χ1v) is 9.06. The SMILES string of the molecule is CC(Sc1nnnn1-c1ccc(O)cc1)C(=O)NC1CCCCC1. The Hall–Kier alpha value is -2.09. The molecule has 0 radical (unpaired) electrons. The van der Waals surface area contributed by atoms with Crippen molar-refractivity contribution in [1.82, 2.24) is 25.5 Å². The fourth-order valence-corrected chi connectivity index (χ4v) is 3.60. The van der Waals surface area contributed by atoms with Crippen LogP contribution in [-0.2, 0) is 4.79 Å². The van der Waals surface area contributed by atoms with E-state index in [2.05, 4.69) is 20.8 Å². The molecule has 0 aliphatic heterocycles. The van der Waals surface area contributed by atoms with E-state index < -0.39 is 0 Å². The Bertz CT molecular complexity index is 682. The number of hydrogen-bond acceptors (Lipinski definition) is 6. The lowest BCUT2D eigenvalue weighted by atomic mass is 9.95. The Morgan fingerprint density at radius 3 is 2.71 bits per heavy atom. The van der Waals surface area contributed by atoms with Gasteiger partial charge in [0.25, 0.3) is 0 Å². The molecule has 2 N–H and O–H groups in total. The molecule has 1 aromatic heterocycles. The third-order valence-corrected chi connectivity index (χ3v) is 5.17. The van der Waals surface area contributed by atoms with Crippen molar-refractivity contribution in [1.29, 1.82) is 0 Å². The van der Waals surface area contributed by atoms with Gasteiger partial charge in [0.15, 0.2) is 0 Å². The number of aromatic nitrogens is 4. The van der Waals surface area contributed by atoms with Crippen molar-refractivity contribution in [2.45, 2.75) is 55.5 Å². The molecule has 128 valence electrons. The molecule has 1 atom stereocenters. The molecule has 2 aromatic rings. The second kappa shape index (κ2) is 7.65. The minimum Gasteiger partial charge on any atom is -0.508 e. The van der Waals surface area contributed by atoms with Crippen LogP contribution in [0.3, 0.4) is 0 Å². The summed E-state index contributed by atoms with van der Waals surface area (Å²) in [5.74, 6) is 0.202. The highest BCUT2D eigenvalue weighted by atomic mass is 32.2. The summed E-state index contributed by atoms with van der Waals surface area (Å²) in [6, 6.07) is 6.89. The molecule has 7 nitrogen and oxygen atoms in total. The summed E-state index contributed by atoms with van der Waals surface area (Å²) in [6.07, 6.45) is 5.76. The summed E-state index contributed by atoms with van der Waals surface area (Å²) in [7, 11) is 0. The van der Waals surface area contributed by atoms with Gasteiger partial charge in [0.05, 0.1) is 10.9 Å². The Morgan fingerprint density at radius 2 is 2.00 bits per heavy atom. The maximum atomic E-state index is 12.4. The quantitative estimate of drug-likeness (QED) is 0.806. The molecular formula is C16H21N5O2S.